The molecule has 0 aliphatic carbocycles. The van der Waals surface area contributed by atoms with Crippen molar-refractivity contribution in [3.8, 4) is 0 Å². The second-order valence-electron chi connectivity index (χ2n) is 2.65. The smallest absolute Gasteiger partial charge is 0.00659 e. The van der Waals surface area contributed by atoms with E-state index < -0.39 is 0 Å². The maximum absolute atomic E-state index is 5.66. The van der Waals surface area contributed by atoms with E-state index in [1.54, 1.807) is 0 Å². The molecule has 0 aromatic carbocycles. The fraction of sp³-hybridized carbons (Fsp3) is 0.750. The van der Waals surface area contributed by atoms with E-state index in [-0.39, 0.29) is 0 Å². The Hall–Kier alpha value is -0.460. The Kier molecular flexibility index (Phi) is 4.20. The minimum atomic E-state index is 0.511. The van der Waals surface area contributed by atoms with E-state index in [4.69, 9.17) is 5.73 Å². The van der Waals surface area contributed by atoms with Crippen LogP contribution >= 0.6 is 0 Å². The van der Waals surface area contributed by atoms with Crippen molar-refractivity contribution in [1.82, 2.24) is 0 Å². The molecule has 0 aromatic heterocycles. The molecule has 0 aliphatic heterocycles. The summed E-state index contributed by atoms with van der Waals surface area (Å²) in [5.41, 5.74) is 6.69. The molecule has 0 bridgehead atoms. The lowest BCUT2D eigenvalue weighted by Gasteiger charge is -2.02. The summed E-state index contributed by atoms with van der Waals surface area (Å²) in [6.07, 6.45) is 4.42. The Morgan fingerprint density at radius 1 is 1.56 bits per heavy atom. The van der Waals surface area contributed by atoms with Crippen LogP contribution in [-0.4, -0.2) is 0 Å². The van der Waals surface area contributed by atoms with Crippen LogP contribution in [0.3, 0.4) is 0 Å². The van der Waals surface area contributed by atoms with E-state index in [9.17, 15) is 0 Å². The van der Waals surface area contributed by atoms with Gasteiger partial charge in [0.25, 0.3) is 0 Å². The molecular formula is C8H17N. The second-order valence-corrected chi connectivity index (χ2v) is 2.65. The molecule has 0 saturated carbocycles. The van der Waals surface area contributed by atoms with Crippen LogP contribution in [0.25, 0.3) is 0 Å². The lowest BCUT2D eigenvalue weighted by Crippen LogP contribution is -2.04. The van der Waals surface area contributed by atoms with Gasteiger partial charge in [-0.1, -0.05) is 33.3 Å². The predicted molar refractivity (Wildman–Crippen MR) is 42.0 cm³/mol. The summed E-state index contributed by atoms with van der Waals surface area (Å²) in [6, 6.07) is 0. The fourth-order valence-electron chi connectivity index (χ4n) is 0.547. The number of hydrogen-bond donors (Lipinski definition) is 1. The Labute approximate surface area is 57.9 Å². The monoisotopic (exact) mass is 127 g/mol. The fourth-order valence-corrected chi connectivity index (χ4v) is 0.547. The van der Waals surface area contributed by atoms with Gasteiger partial charge in [-0.25, -0.2) is 0 Å². The number of unbranched alkanes of at least 4 members (excludes halogenated alkanes) is 1. The van der Waals surface area contributed by atoms with Crippen LogP contribution in [0.1, 0.15) is 33.6 Å². The Balaban J connectivity index is 3.55. The van der Waals surface area contributed by atoms with Gasteiger partial charge < -0.3 is 5.73 Å². The first-order chi connectivity index (χ1) is 4.18. The lowest BCUT2D eigenvalue weighted by molar-refractivity contribution is 0.745. The summed E-state index contributed by atoms with van der Waals surface area (Å²) in [4.78, 5) is 0. The van der Waals surface area contributed by atoms with Crippen LogP contribution in [0.2, 0.25) is 0 Å². The van der Waals surface area contributed by atoms with Crippen LogP contribution in [-0.2, 0) is 0 Å². The van der Waals surface area contributed by atoms with E-state index in [2.05, 4.69) is 26.8 Å². The molecule has 9 heavy (non-hydrogen) atoms. The SMILES string of the molecule is CCCC=C(N)C(C)C. The minimum absolute atomic E-state index is 0.511. The summed E-state index contributed by atoms with van der Waals surface area (Å²) < 4.78 is 0. The molecule has 0 atom stereocenters. The summed E-state index contributed by atoms with van der Waals surface area (Å²) >= 11 is 0. The van der Waals surface area contributed by atoms with Gasteiger partial charge in [0.1, 0.15) is 0 Å². The molecule has 0 aromatic rings. The van der Waals surface area contributed by atoms with Gasteiger partial charge in [-0.3, -0.25) is 0 Å². The van der Waals surface area contributed by atoms with Crippen LogP contribution < -0.4 is 5.73 Å². The highest BCUT2D eigenvalue weighted by atomic mass is 14.6. The van der Waals surface area contributed by atoms with E-state index in [1.807, 2.05) is 0 Å². The topological polar surface area (TPSA) is 26.0 Å². The van der Waals surface area contributed by atoms with Crippen LogP contribution in [0.4, 0.5) is 0 Å². The molecule has 0 radical (unpaired) electrons. The quantitative estimate of drug-likeness (QED) is 0.618. The third kappa shape index (κ3) is 4.07. The average Bonchev–Trinajstić information content (AvgIpc) is 1.82. The number of hydrogen-bond acceptors (Lipinski definition) is 1. The van der Waals surface area contributed by atoms with E-state index in [0.717, 1.165) is 12.1 Å². The van der Waals surface area contributed by atoms with Gasteiger partial charge >= 0.3 is 0 Å². The number of nitrogens with two attached hydrogens (primary N) is 1. The number of allylic oxidation sites excluding steroid dienone is 2. The van der Waals surface area contributed by atoms with Gasteiger partial charge in [0.2, 0.25) is 0 Å². The van der Waals surface area contributed by atoms with Crippen molar-refractivity contribution in [2.45, 2.75) is 33.6 Å². The molecule has 0 spiro atoms. The minimum Gasteiger partial charge on any atom is -0.402 e. The zero-order valence-corrected chi connectivity index (χ0v) is 6.65. The predicted octanol–water partition coefficient (Wildman–Crippen LogP) is 2.29. The molecule has 1 nitrogen and oxygen atoms in total. The van der Waals surface area contributed by atoms with E-state index >= 15 is 0 Å². The van der Waals surface area contributed by atoms with Crippen molar-refractivity contribution in [1.29, 1.82) is 0 Å². The average molecular weight is 127 g/mol. The first-order valence-electron chi connectivity index (χ1n) is 3.64. The largest absolute Gasteiger partial charge is 0.402 e. The van der Waals surface area contributed by atoms with Crippen LogP contribution in [0, 0.1) is 5.92 Å². The highest BCUT2D eigenvalue weighted by Crippen LogP contribution is 2.03. The third-order valence-corrected chi connectivity index (χ3v) is 1.34. The molecule has 0 amide bonds. The summed E-state index contributed by atoms with van der Waals surface area (Å²) in [7, 11) is 0. The van der Waals surface area contributed by atoms with Gasteiger partial charge in [0.05, 0.1) is 0 Å². The molecule has 0 heterocycles. The van der Waals surface area contributed by atoms with E-state index in [1.165, 1.54) is 6.42 Å². The Morgan fingerprint density at radius 3 is 2.44 bits per heavy atom. The molecule has 0 rings (SSSR count). The van der Waals surface area contributed by atoms with Crippen molar-refractivity contribution >= 4 is 0 Å². The van der Waals surface area contributed by atoms with Crippen molar-refractivity contribution in [3.63, 3.8) is 0 Å². The normalized spacial score (nSPS) is 12.7. The van der Waals surface area contributed by atoms with Gasteiger partial charge in [0, 0.05) is 5.70 Å². The summed E-state index contributed by atoms with van der Waals surface area (Å²) in [5.74, 6) is 0.511. The molecule has 0 saturated heterocycles. The maximum atomic E-state index is 5.66. The molecule has 0 aliphatic rings. The Bertz CT molecular complexity index is 92.7. The zero-order chi connectivity index (χ0) is 7.28. The molecule has 1 heteroatoms. The molecular weight excluding hydrogens is 110 g/mol. The standard InChI is InChI=1S/C8H17N/c1-4-5-6-8(9)7(2)3/h6-7H,4-5,9H2,1-3H3. The van der Waals surface area contributed by atoms with Crippen molar-refractivity contribution in [2.75, 3.05) is 0 Å². The molecule has 2 N–H and O–H groups in total. The Morgan fingerprint density at radius 2 is 2.11 bits per heavy atom. The van der Waals surface area contributed by atoms with E-state index in [0.29, 0.717) is 5.92 Å². The lowest BCUT2D eigenvalue weighted by atomic mass is 10.1. The highest BCUT2D eigenvalue weighted by molar-refractivity contribution is 4.98. The van der Waals surface area contributed by atoms with Gasteiger partial charge in [0.15, 0.2) is 0 Å². The number of rotatable bonds is 3. The summed E-state index contributed by atoms with van der Waals surface area (Å²) in [6.45, 7) is 6.38. The van der Waals surface area contributed by atoms with Crippen molar-refractivity contribution < 1.29 is 0 Å². The summed E-state index contributed by atoms with van der Waals surface area (Å²) in [5, 5.41) is 0. The van der Waals surface area contributed by atoms with Crippen molar-refractivity contribution in [2.24, 2.45) is 11.7 Å². The first kappa shape index (κ1) is 8.54. The highest BCUT2D eigenvalue weighted by Gasteiger charge is 1.93. The molecule has 0 unspecified atom stereocenters. The van der Waals surface area contributed by atoms with Gasteiger partial charge in [-0.15, -0.1) is 0 Å². The van der Waals surface area contributed by atoms with Gasteiger partial charge in [-0.2, -0.15) is 0 Å². The molecule has 54 valence electrons. The molecule has 0 fully saturated rings. The third-order valence-electron chi connectivity index (χ3n) is 1.34. The maximum Gasteiger partial charge on any atom is 0.00659 e. The van der Waals surface area contributed by atoms with Crippen LogP contribution in [0.15, 0.2) is 11.8 Å². The zero-order valence-electron chi connectivity index (χ0n) is 6.65. The van der Waals surface area contributed by atoms with Gasteiger partial charge in [-0.05, 0) is 12.3 Å². The second kappa shape index (κ2) is 4.42. The first-order valence-corrected chi connectivity index (χ1v) is 3.64. The van der Waals surface area contributed by atoms with Crippen molar-refractivity contribution in [3.05, 3.63) is 11.8 Å². The van der Waals surface area contributed by atoms with Crippen LogP contribution in [0.5, 0.6) is 0 Å².